The molecule has 0 aliphatic carbocycles. The third-order valence-corrected chi connectivity index (χ3v) is 3.35. The maximum atomic E-state index is 11.0. The highest BCUT2D eigenvalue weighted by Gasteiger charge is 2.29. The lowest BCUT2D eigenvalue weighted by Gasteiger charge is -2.30. The molecule has 0 heterocycles. The molecule has 0 unspecified atom stereocenters. The van der Waals surface area contributed by atoms with E-state index in [9.17, 15) is 15.0 Å². The zero-order valence-electron chi connectivity index (χ0n) is 11.2. The molecule has 4 nitrogen and oxygen atoms in total. The lowest BCUT2D eigenvalue weighted by atomic mass is 9.80. The SMILES string of the molecule is CC(C)(CCOC(=O)CS)[C@@H](O)c1ccc(O)cc1. The molecule has 1 aromatic rings. The predicted molar refractivity (Wildman–Crippen MR) is 76.3 cm³/mol. The summed E-state index contributed by atoms with van der Waals surface area (Å²) in [6.45, 7) is 4.06. The van der Waals surface area contributed by atoms with Crippen molar-refractivity contribution in [1.29, 1.82) is 0 Å². The lowest BCUT2D eigenvalue weighted by molar-refractivity contribution is -0.141. The van der Waals surface area contributed by atoms with Gasteiger partial charge < -0.3 is 14.9 Å². The van der Waals surface area contributed by atoms with Gasteiger partial charge in [-0.05, 0) is 29.5 Å². The van der Waals surface area contributed by atoms with Crippen LogP contribution in [0.5, 0.6) is 5.75 Å². The molecule has 2 N–H and O–H groups in total. The molecular weight excluding hydrogens is 264 g/mol. The van der Waals surface area contributed by atoms with Gasteiger partial charge in [-0.1, -0.05) is 26.0 Å². The standard InChI is InChI=1S/C14H20O4S/c1-14(2,7-8-18-12(16)9-19)13(17)10-3-5-11(15)6-4-10/h3-6,13,15,17,19H,7-9H2,1-2H3/t13-/m0/s1. The molecule has 0 radical (unpaired) electrons. The number of aliphatic hydroxyl groups excluding tert-OH is 1. The Balaban J connectivity index is 2.60. The summed E-state index contributed by atoms with van der Waals surface area (Å²) in [4.78, 5) is 11.0. The number of hydrogen-bond acceptors (Lipinski definition) is 5. The molecule has 5 heteroatoms. The maximum absolute atomic E-state index is 11.0. The molecule has 0 aliphatic rings. The summed E-state index contributed by atoms with van der Waals surface area (Å²) in [5.41, 5.74) is 0.289. The highest BCUT2D eigenvalue weighted by molar-refractivity contribution is 7.81. The normalized spacial score (nSPS) is 13.1. The highest BCUT2D eigenvalue weighted by Crippen LogP contribution is 2.36. The predicted octanol–water partition coefficient (Wildman–Crippen LogP) is 2.31. The Hall–Kier alpha value is -1.20. The second kappa shape index (κ2) is 6.82. The number of aliphatic hydroxyl groups is 1. The van der Waals surface area contributed by atoms with Crippen molar-refractivity contribution < 1.29 is 19.7 Å². The van der Waals surface area contributed by atoms with Crippen molar-refractivity contribution in [3.05, 3.63) is 29.8 Å². The van der Waals surface area contributed by atoms with Crippen LogP contribution in [0.3, 0.4) is 0 Å². The van der Waals surface area contributed by atoms with Gasteiger partial charge in [0.1, 0.15) is 5.75 Å². The number of hydrogen-bond donors (Lipinski definition) is 3. The zero-order chi connectivity index (χ0) is 14.5. The van der Waals surface area contributed by atoms with Crippen molar-refractivity contribution >= 4 is 18.6 Å². The van der Waals surface area contributed by atoms with Crippen molar-refractivity contribution in [3.8, 4) is 5.75 Å². The van der Waals surface area contributed by atoms with E-state index in [1.165, 1.54) is 12.1 Å². The smallest absolute Gasteiger partial charge is 0.315 e. The van der Waals surface area contributed by atoms with Crippen LogP contribution in [0, 0.1) is 5.41 Å². The molecule has 19 heavy (non-hydrogen) atoms. The van der Waals surface area contributed by atoms with Gasteiger partial charge in [0.25, 0.3) is 0 Å². The van der Waals surface area contributed by atoms with E-state index < -0.39 is 11.5 Å². The Morgan fingerprint density at radius 2 is 1.95 bits per heavy atom. The van der Waals surface area contributed by atoms with Crippen molar-refractivity contribution in [1.82, 2.24) is 0 Å². The first-order chi connectivity index (χ1) is 8.86. The van der Waals surface area contributed by atoms with Gasteiger partial charge in [0.2, 0.25) is 0 Å². The van der Waals surface area contributed by atoms with Crippen molar-refractivity contribution in [2.24, 2.45) is 5.41 Å². The fraction of sp³-hybridized carbons (Fsp3) is 0.500. The number of phenolic OH excluding ortho intramolecular Hbond substituents is 1. The number of ether oxygens (including phenoxy) is 1. The Morgan fingerprint density at radius 1 is 1.37 bits per heavy atom. The van der Waals surface area contributed by atoms with E-state index in [0.717, 1.165) is 5.56 Å². The third-order valence-electron chi connectivity index (χ3n) is 3.09. The fourth-order valence-electron chi connectivity index (χ4n) is 1.72. The summed E-state index contributed by atoms with van der Waals surface area (Å²) >= 11 is 3.82. The van der Waals surface area contributed by atoms with Gasteiger partial charge in [-0.25, -0.2) is 0 Å². The second-order valence-electron chi connectivity index (χ2n) is 5.11. The molecule has 1 aromatic carbocycles. The van der Waals surface area contributed by atoms with Gasteiger partial charge >= 0.3 is 5.97 Å². The average molecular weight is 284 g/mol. The molecule has 0 saturated carbocycles. The molecule has 106 valence electrons. The molecule has 1 atom stereocenters. The van der Waals surface area contributed by atoms with Gasteiger partial charge in [-0.2, -0.15) is 12.6 Å². The first-order valence-electron chi connectivity index (χ1n) is 6.10. The summed E-state index contributed by atoms with van der Waals surface area (Å²) < 4.78 is 4.97. The Morgan fingerprint density at radius 3 is 2.47 bits per heavy atom. The van der Waals surface area contributed by atoms with Crippen LogP contribution in [0.4, 0.5) is 0 Å². The minimum atomic E-state index is -0.692. The summed E-state index contributed by atoms with van der Waals surface area (Å²) in [7, 11) is 0. The lowest BCUT2D eigenvalue weighted by Crippen LogP contribution is -2.24. The van der Waals surface area contributed by atoms with Gasteiger partial charge in [0.05, 0.1) is 18.5 Å². The van der Waals surface area contributed by atoms with Crippen molar-refractivity contribution in [3.63, 3.8) is 0 Å². The summed E-state index contributed by atoms with van der Waals surface area (Å²) in [6.07, 6.45) is -0.156. The molecule has 0 fully saturated rings. The maximum Gasteiger partial charge on any atom is 0.315 e. The second-order valence-corrected chi connectivity index (χ2v) is 5.43. The van der Waals surface area contributed by atoms with Gasteiger partial charge in [-0.15, -0.1) is 0 Å². The van der Waals surface area contributed by atoms with E-state index >= 15 is 0 Å². The molecule has 0 aromatic heterocycles. The molecule has 0 saturated heterocycles. The highest BCUT2D eigenvalue weighted by atomic mass is 32.1. The van der Waals surface area contributed by atoms with Crippen LogP contribution in [0.2, 0.25) is 0 Å². The Kier molecular flexibility index (Phi) is 5.69. The van der Waals surface area contributed by atoms with E-state index in [0.29, 0.717) is 6.42 Å². The van der Waals surface area contributed by atoms with E-state index in [1.54, 1.807) is 12.1 Å². The zero-order valence-corrected chi connectivity index (χ0v) is 12.1. The third kappa shape index (κ3) is 4.76. The Labute approximate surface area is 118 Å². The molecule has 0 spiro atoms. The summed E-state index contributed by atoms with van der Waals surface area (Å²) in [6, 6.07) is 6.44. The van der Waals surface area contributed by atoms with Crippen LogP contribution in [0.15, 0.2) is 24.3 Å². The average Bonchev–Trinajstić information content (AvgIpc) is 2.38. The number of aromatic hydroxyl groups is 1. The Bertz CT molecular complexity index is 414. The number of thiol groups is 1. The van der Waals surface area contributed by atoms with Crippen LogP contribution in [0.1, 0.15) is 31.9 Å². The molecule has 0 amide bonds. The monoisotopic (exact) mass is 284 g/mol. The number of esters is 1. The van der Waals surface area contributed by atoms with Crippen molar-refractivity contribution in [2.75, 3.05) is 12.4 Å². The topological polar surface area (TPSA) is 66.8 Å². The number of carbonyl (C=O) groups excluding carboxylic acids is 1. The van der Waals surface area contributed by atoms with Gasteiger partial charge in [-0.3, -0.25) is 4.79 Å². The first-order valence-corrected chi connectivity index (χ1v) is 6.73. The summed E-state index contributed by atoms with van der Waals surface area (Å²) in [5, 5.41) is 19.5. The van der Waals surface area contributed by atoms with Crippen LogP contribution in [0.25, 0.3) is 0 Å². The summed E-state index contributed by atoms with van der Waals surface area (Å²) in [5.74, 6) is -0.143. The number of benzene rings is 1. The number of carbonyl (C=O) groups is 1. The van der Waals surface area contributed by atoms with Crippen molar-refractivity contribution in [2.45, 2.75) is 26.4 Å². The first kappa shape index (κ1) is 15.9. The van der Waals surface area contributed by atoms with Crippen LogP contribution >= 0.6 is 12.6 Å². The van der Waals surface area contributed by atoms with Crippen LogP contribution in [-0.2, 0) is 9.53 Å². The number of phenols is 1. The minimum absolute atomic E-state index is 0.0565. The minimum Gasteiger partial charge on any atom is -0.508 e. The van der Waals surface area contributed by atoms with E-state index in [-0.39, 0.29) is 24.1 Å². The van der Waals surface area contributed by atoms with Gasteiger partial charge in [0.15, 0.2) is 0 Å². The molecular formula is C14H20O4S. The molecule has 0 bridgehead atoms. The number of rotatable bonds is 6. The van der Waals surface area contributed by atoms with Crippen LogP contribution < -0.4 is 0 Å². The van der Waals surface area contributed by atoms with Crippen LogP contribution in [-0.4, -0.2) is 28.5 Å². The van der Waals surface area contributed by atoms with E-state index in [1.807, 2.05) is 13.8 Å². The van der Waals surface area contributed by atoms with Gasteiger partial charge in [0, 0.05) is 0 Å². The molecule has 0 aliphatic heterocycles. The molecule has 1 rings (SSSR count). The fourth-order valence-corrected chi connectivity index (χ4v) is 1.81. The quantitative estimate of drug-likeness (QED) is 0.554. The van der Waals surface area contributed by atoms with E-state index in [4.69, 9.17) is 4.74 Å². The van der Waals surface area contributed by atoms with E-state index in [2.05, 4.69) is 12.6 Å². The largest absolute Gasteiger partial charge is 0.508 e.